The average molecular weight is 425 g/mol. The number of amides is 1. The van der Waals surface area contributed by atoms with Gasteiger partial charge in [-0.1, -0.05) is 17.7 Å². The van der Waals surface area contributed by atoms with Crippen LogP contribution in [0.1, 0.15) is 10.4 Å². The van der Waals surface area contributed by atoms with Gasteiger partial charge in [-0.2, -0.15) is 0 Å². The minimum Gasteiger partial charge on any atom is -0.319 e. The van der Waals surface area contributed by atoms with Crippen LogP contribution < -0.4 is 5.32 Å². The van der Waals surface area contributed by atoms with Gasteiger partial charge in [-0.3, -0.25) is 4.79 Å². The molecule has 0 spiro atoms. The van der Waals surface area contributed by atoms with Crippen LogP contribution >= 0.6 is 43.5 Å². The van der Waals surface area contributed by atoms with E-state index < -0.39 is 17.5 Å². The average Bonchev–Trinajstić information content (AvgIpc) is 2.39. The molecule has 20 heavy (non-hydrogen) atoms. The van der Waals surface area contributed by atoms with Crippen LogP contribution in [0.4, 0.5) is 14.5 Å². The highest BCUT2D eigenvalue weighted by atomic mass is 79.9. The summed E-state index contributed by atoms with van der Waals surface area (Å²) in [6.45, 7) is 0. The molecule has 2 aromatic carbocycles. The van der Waals surface area contributed by atoms with Crippen molar-refractivity contribution in [2.75, 3.05) is 5.32 Å². The van der Waals surface area contributed by atoms with Gasteiger partial charge in [0.1, 0.15) is 11.6 Å². The van der Waals surface area contributed by atoms with Crippen molar-refractivity contribution in [3.8, 4) is 0 Å². The van der Waals surface area contributed by atoms with Crippen molar-refractivity contribution in [3.63, 3.8) is 0 Å². The van der Waals surface area contributed by atoms with Crippen molar-refractivity contribution in [3.05, 3.63) is 61.5 Å². The fourth-order valence-electron chi connectivity index (χ4n) is 1.49. The zero-order valence-electron chi connectivity index (χ0n) is 9.68. The molecule has 0 heterocycles. The molecular formula is C13H6Br2ClF2NO. The van der Waals surface area contributed by atoms with Crippen LogP contribution in [0.3, 0.4) is 0 Å². The Balaban J connectivity index is 2.33. The molecule has 1 amide bonds. The Kier molecular flexibility index (Phi) is 4.78. The third-order valence-electron chi connectivity index (χ3n) is 2.45. The second-order valence-electron chi connectivity index (χ2n) is 3.80. The Bertz CT molecular complexity index is 694. The highest BCUT2D eigenvalue weighted by Gasteiger charge is 2.15. The van der Waals surface area contributed by atoms with Gasteiger partial charge in [0.2, 0.25) is 0 Å². The number of halogens is 5. The summed E-state index contributed by atoms with van der Waals surface area (Å²) in [5.74, 6) is -2.21. The van der Waals surface area contributed by atoms with Crippen LogP contribution in [-0.2, 0) is 0 Å². The molecule has 7 heteroatoms. The van der Waals surface area contributed by atoms with Crippen molar-refractivity contribution in [2.24, 2.45) is 0 Å². The van der Waals surface area contributed by atoms with E-state index in [1.165, 1.54) is 6.07 Å². The number of benzene rings is 2. The first-order valence-corrected chi connectivity index (χ1v) is 7.26. The van der Waals surface area contributed by atoms with E-state index >= 15 is 0 Å². The van der Waals surface area contributed by atoms with E-state index in [-0.39, 0.29) is 20.7 Å². The topological polar surface area (TPSA) is 29.1 Å². The first kappa shape index (κ1) is 15.4. The van der Waals surface area contributed by atoms with Gasteiger partial charge < -0.3 is 5.32 Å². The van der Waals surface area contributed by atoms with E-state index in [1.807, 2.05) is 0 Å². The number of nitrogens with one attached hydrogen (secondary N) is 1. The Labute approximate surface area is 135 Å². The lowest BCUT2D eigenvalue weighted by atomic mass is 10.2. The minimum atomic E-state index is -0.870. The SMILES string of the molecule is O=C(Nc1cc(Br)c(F)cc1F)c1cccc(Br)c1Cl. The monoisotopic (exact) mass is 423 g/mol. The zero-order valence-corrected chi connectivity index (χ0v) is 13.6. The normalized spacial score (nSPS) is 10.4. The molecule has 0 aliphatic carbocycles. The van der Waals surface area contributed by atoms with Gasteiger partial charge in [0.15, 0.2) is 0 Å². The van der Waals surface area contributed by atoms with E-state index in [0.717, 1.165) is 6.07 Å². The highest BCUT2D eigenvalue weighted by Crippen LogP contribution is 2.28. The van der Waals surface area contributed by atoms with Crippen LogP contribution in [0.15, 0.2) is 39.3 Å². The lowest BCUT2D eigenvalue weighted by molar-refractivity contribution is 0.102. The van der Waals surface area contributed by atoms with Gasteiger partial charge in [0, 0.05) is 10.5 Å². The molecule has 0 aliphatic heterocycles. The summed E-state index contributed by atoms with van der Waals surface area (Å²) >= 11 is 12.1. The standard InChI is InChI=1S/C13H6Br2ClF2NO/c14-7-3-1-2-6(12(7)16)13(20)19-11-4-8(15)9(17)5-10(11)18/h1-5H,(H,19,20). The summed E-state index contributed by atoms with van der Waals surface area (Å²) in [6, 6.07) is 6.63. The Hall–Kier alpha value is -0.980. The molecule has 0 saturated carbocycles. The Morgan fingerprint density at radius 2 is 1.80 bits per heavy atom. The van der Waals surface area contributed by atoms with Crippen LogP contribution in [0.5, 0.6) is 0 Å². The molecule has 1 N–H and O–H groups in total. The summed E-state index contributed by atoms with van der Waals surface area (Å²) in [5.41, 5.74) is 0.0419. The maximum Gasteiger partial charge on any atom is 0.257 e. The molecule has 2 rings (SSSR count). The van der Waals surface area contributed by atoms with Gasteiger partial charge in [-0.05, 0) is 50.1 Å². The van der Waals surface area contributed by atoms with Crippen LogP contribution in [-0.4, -0.2) is 5.91 Å². The summed E-state index contributed by atoms with van der Waals surface area (Å²) in [7, 11) is 0. The van der Waals surface area contributed by atoms with Crippen molar-refractivity contribution in [2.45, 2.75) is 0 Å². The van der Waals surface area contributed by atoms with Crippen LogP contribution in [0, 0.1) is 11.6 Å². The number of hydrogen-bond donors (Lipinski definition) is 1. The number of rotatable bonds is 2. The molecule has 0 aromatic heterocycles. The second-order valence-corrected chi connectivity index (χ2v) is 5.89. The van der Waals surface area contributed by atoms with Crippen molar-refractivity contribution < 1.29 is 13.6 Å². The van der Waals surface area contributed by atoms with Gasteiger partial charge in [-0.25, -0.2) is 8.78 Å². The second kappa shape index (κ2) is 6.20. The molecule has 0 fully saturated rings. The number of hydrogen-bond acceptors (Lipinski definition) is 1. The minimum absolute atomic E-state index is 0.0505. The number of anilines is 1. The molecule has 0 unspecified atom stereocenters. The Morgan fingerprint density at radius 3 is 2.50 bits per heavy atom. The van der Waals surface area contributed by atoms with E-state index in [0.29, 0.717) is 10.5 Å². The lowest BCUT2D eigenvalue weighted by Gasteiger charge is -2.09. The third kappa shape index (κ3) is 3.19. The van der Waals surface area contributed by atoms with Gasteiger partial charge in [0.25, 0.3) is 5.91 Å². The predicted molar refractivity (Wildman–Crippen MR) is 81.2 cm³/mol. The zero-order chi connectivity index (χ0) is 14.9. The van der Waals surface area contributed by atoms with E-state index in [2.05, 4.69) is 37.2 Å². The van der Waals surface area contributed by atoms with Crippen molar-refractivity contribution >= 4 is 55.1 Å². The number of carbonyl (C=O) groups is 1. The highest BCUT2D eigenvalue weighted by molar-refractivity contribution is 9.10. The van der Waals surface area contributed by atoms with Gasteiger partial charge in [-0.15, -0.1) is 0 Å². The van der Waals surface area contributed by atoms with Crippen molar-refractivity contribution in [1.29, 1.82) is 0 Å². The fraction of sp³-hybridized carbons (Fsp3) is 0. The lowest BCUT2D eigenvalue weighted by Crippen LogP contribution is -2.14. The van der Waals surface area contributed by atoms with E-state index in [1.54, 1.807) is 12.1 Å². The van der Waals surface area contributed by atoms with E-state index in [4.69, 9.17) is 11.6 Å². The molecule has 104 valence electrons. The Morgan fingerprint density at radius 1 is 1.10 bits per heavy atom. The first-order valence-electron chi connectivity index (χ1n) is 5.30. The number of carbonyl (C=O) groups excluding carboxylic acids is 1. The maximum atomic E-state index is 13.6. The molecule has 2 aromatic rings. The van der Waals surface area contributed by atoms with E-state index in [9.17, 15) is 13.6 Å². The van der Waals surface area contributed by atoms with Gasteiger partial charge in [0.05, 0.1) is 20.7 Å². The summed E-state index contributed by atoms with van der Waals surface area (Å²) in [6.07, 6.45) is 0. The molecule has 0 radical (unpaired) electrons. The molecule has 0 saturated heterocycles. The molecule has 0 atom stereocenters. The maximum absolute atomic E-state index is 13.6. The quantitative estimate of drug-likeness (QED) is 0.642. The molecule has 0 bridgehead atoms. The fourth-order valence-corrected chi connectivity index (χ4v) is 2.41. The van der Waals surface area contributed by atoms with Crippen molar-refractivity contribution in [1.82, 2.24) is 0 Å². The summed E-state index contributed by atoms with van der Waals surface area (Å²) < 4.78 is 27.3. The first-order chi connectivity index (χ1) is 9.40. The molecule has 0 aliphatic rings. The van der Waals surface area contributed by atoms with Crippen LogP contribution in [0.25, 0.3) is 0 Å². The smallest absolute Gasteiger partial charge is 0.257 e. The summed E-state index contributed by atoms with van der Waals surface area (Å²) in [4.78, 5) is 12.0. The third-order valence-corrected chi connectivity index (χ3v) is 4.36. The summed E-state index contributed by atoms with van der Waals surface area (Å²) in [5, 5.41) is 2.56. The molecular weight excluding hydrogens is 419 g/mol. The predicted octanol–water partition coefficient (Wildman–Crippen LogP) is 5.40. The largest absolute Gasteiger partial charge is 0.319 e. The molecule has 2 nitrogen and oxygen atoms in total. The van der Waals surface area contributed by atoms with Crippen LogP contribution in [0.2, 0.25) is 5.02 Å². The van der Waals surface area contributed by atoms with Gasteiger partial charge >= 0.3 is 0 Å².